The van der Waals surface area contributed by atoms with Gasteiger partial charge in [0.25, 0.3) is 11.8 Å². The molecule has 1 aromatic heterocycles. The van der Waals surface area contributed by atoms with Crippen LogP contribution >= 0.6 is 22.6 Å². The molecule has 2 aromatic carbocycles. The number of aliphatic carboxylic acids is 3. The number of hydrogen-bond acceptors (Lipinski definition) is 17. The second-order valence-corrected chi connectivity index (χ2v) is 25.1. The van der Waals surface area contributed by atoms with Gasteiger partial charge in [-0.3, -0.25) is 67.7 Å². The number of nitrogens with zero attached hydrogens (tertiary/aromatic N) is 8. The molecule has 93 heavy (non-hydrogen) atoms. The summed E-state index contributed by atoms with van der Waals surface area (Å²) >= 11 is 2.24. The fraction of sp³-hybridized carbons (Fsp3) is 0.609. The van der Waals surface area contributed by atoms with E-state index < -0.39 is 79.1 Å². The second-order valence-electron chi connectivity index (χ2n) is 23.9. The summed E-state index contributed by atoms with van der Waals surface area (Å²) < 4.78 is 40.8. The predicted octanol–water partition coefficient (Wildman–Crippen LogP) is 3.30. The molecule has 3 aliphatic rings. The van der Waals surface area contributed by atoms with Gasteiger partial charge in [0, 0.05) is 120 Å². The van der Waals surface area contributed by atoms with Crippen molar-refractivity contribution in [3.05, 3.63) is 69.4 Å². The molecule has 26 nitrogen and oxygen atoms in total. The number of piperidine rings is 1. The maximum absolute atomic E-state index is 13.9. The van der Waals surface area contributed by atoms with Crippen LogP contribution in [-0.2, 0) is 49.5 Å². The third-order valence-corrected chi connectivity index (χ3v) is 17.4. The van der Waals surface area contributed by atoms with Crippen molar-refractivity contribution in [1.82, 2.24) is 55.7 Å². The molecule has 0 aliphatic carbocycles. The maximum atomic E-state index is 13.9. The van der Waals surface area contributed by atoms with Gasteiger partial charge in [-0.25, -0.2) is 8.78 Å². The lowest BCUT2D eigenvalue weighted by Gasteiger charge is -2.33. The number of alkyl halides is 2. The van der Waals surface area contributed by atoms with Crippen LogP contribution in [0.5, 0.6) is 5.75 Å². The Morgan fingerprint density at radius 1 is 0.677 bits per heavy atom. The van der Waals surface area contributed by atoms with E-state index in [9.17, 15) is 72.5 Å². The van der Waals surface area contributed by atoms with Gasteiger partial charge in [0.05, 0.1) is 69.6 Å². The fourth-order valence-electron chi connectivity index (χ4n) is 11.5. The van der Waals surface area contributed by atoms with Crippen LogP contribution in [0.3, 0.4) is 0 Å². The van der Waals surface area contributed by atoms with Crippen LogP contribution in [-0.4, -0.2) is 259 Å². The van der Waals surface area contributed by atoms with Crippen molar-refractivity contribution in [3.63, 3.8) is 0 Å². The number of amides is 6. The number of nitrogens with one attached hydrogen (secondary N) is 4. The van der Waals surface area contributed by atoms with Gasteiger partial charge in [-0.15, -0.1) is 0 Å². The van der Waals surface area contributed by atoms with Crippen molar-refractivity contribution in [2.75, 3.05) is 138 Å². The molecule has 3 aliphatic heterocycles. The van der Waals surface area contributed by atoms with Crippen molar-refractivity contribution in [1.29, 1.82) is 5.26 Å². The Labute approximate surface area is 554 Å². The summed E-state index contributed by atoms with van der Waals surface area (Å²) in [6.45, 7) is 1.63. The molecule has 4 heterocycles. The van der Waals surface area contributed by atoms with E-state index in [0.29, 0.717) is 80.8 Å². The number of aryl methyl sites for hydroxylation is 1. The van der Waals surface area contributed by atoms with Crippen LogP contribution in [0.15, 0.2) is 54.7 Å². The highest BCUT2D eigenvalue weighted by molar-refractivity contribution is 14.1. The van der Waals surface area contributed by atoms with E-state index in [0.717, 1.165) is 52.6 Å². The van der Waals surface area contributed by atoms with E-state index in [-0.39, 0.29) is 129 Å². The Bertz CT molecular complexity index is 2980. The predicted molar refractivity (Wildman–Crippen MR) is 346 cm³/mol. The number of carboxylic acid groups (broad SMARTS) is 3. The van der Waals surface area contributed by atoms with E-state index in [4.69, 9.17) is 9.47 Å². The summed E-state index contributed by atoms with van der Waals surface area (Å²) in [5, 5.41) is 49.7. The minimum absolute atomic E-state index is 0.0742. The molecule has 3 saturated heterocycles. The molecule has 3 aromatic rings. The molecule has 29 heteroatoms. The normalized spacial score (nSPS) is 17.5. The summed E-state index contributed by atoms with van der Waals surface area (Å²) in [5.41, 5.74) is 1.89. The first-order valence-corrected chi connectivity index (χ1v) is 33.1. The third-order valence-electron chi connectivity index (χ3n) is 16.6. The van der Waals surface area contributed by atoms with Gasteiger partial charge in [-0.1, -0.05) is 25.0 Å². The largest absolute Gasteiger partial charge is 0.494 e. The van der Waals surface area contributed by atoms with Crippen LogP contribution in [0.2, 0.25) is 0 Å². The van der Waals surface area contributed by atoms with E-state index in [1.54, 1.807) is 43.9 Å². The Balaban J connectivity index is 0.906. The van der Waals surface area contributed by atoms with Gasteiger partial charge >= 0.3 is 17.9 Å². The number of unbranched alkanes of at least 4 members (excludes halogenated alkanes) is 3. The molecule has 2 atom stereocenters. The number of carbonyl (C=O) groups is 9. The van der Waals surface area contributed by atoms with Gasteiger partial charge in [0.1, 0.15) is 17.8 Å². The number of aromatic nitrogens is 1. The highest BCUT2D eigenvalue weighted by atomic mass is 127. The Kier molecular flexibility index (Phi) is 31.7. The Hall–Kier alpha value is -7.24. The van der Waals surface area contributed by atoms with Crippen LogP contribution in [0.4, 0.5) is 8.78 Å². The summed E-state index contributed by atoms with van der Waals surface area (Å²) in [7, 11) is 0. The van der Waals surface area contributed by atoms with Gasteiger partial charge < -0.3 is 55.9 Å². The lowest BCUT2D eigenvalue weighted by atomic mass is 9.91. The average Bonchev–Trinajstić information content (AvgIpc) is 1.74. The van der Waals surface area contributed by atoms with Crippen LogP contribution < -0.4 is 26.0 Å². The molecule has 510 valence electrons. The van der Waals surface area contributed by atoms with E-state index in [1.807, 2.05) is 29.2 Å². The number of nitriles is 1. The zero-order valence-corrected chi connectivity index (χ0v) is 54.9. The Morgan fingerprint density at radius 3 is 1.94 bits per heavy atom. The average molecular weight is 1420 g/mol. The molecular formula is C64H89F2IN12O14. The lowest BCUT2D eigenvalue weighted by Crippen LogP contribution is -2.52. The quantitative estimate of drug-likeness (QED) is 0.0328. The van der Waals surface area contributed by atoms with Crippen molar-refractivity contribution in [2.24, 2.45) is 5.92 Å². The first kappa shape index (κ1) is 74.8. The number of halogens is 3. The topological polar surface area (TPSA) is 337 Å². The molecule has 6 amide bonds. The Morgan fingerprint density at radius 2 is 1.31 bits per heavy atom. The SMILES string of the molecule is N#C[C@H]1CC(F)(F)CN1C(=O)CNC(=O)c1ccnc2ccc(OCCCCC3CCN(C(=O)CCCCCNC(=O)[C@H](CCOCCNC(=O)CCCc4ccc(I)cc4)NC(=O)CN4CCN(CC(=O)O)CCN(CC(=O)O)CCN(CC(=O)O)CC4)CC3)cc12. The smallest absolute Gasteiger partial charge is 0.317 e. The van der Waals surface area contributed by atoms with Gasteiger partial charge in [0.15, 0.2) is 0 Å². The first-order valence-electron chi connectivity index (χ1n) is 32.0. The van der Waals surface area contributed by atoms with Crippen molar-refractivity contribution < 1.29 is 76.7 Å². The van der Waals surface area contributed by atoms with E-state index in [1.165, 1.54) is 12.3 Å². The number of hydrogen-bond donors (Lipinski definition) is 7. The molecule has 6 rings (SSSR count). The molecule has 7 N–H and O–H groups in total. The van der Waals surface area contributed by atoms with Crippen molar-refractivity contribution in [3.8, 4) is 11.8 Å². The maximum Gasteiger partial charge on any atom is 0.317 e. The third kappa shape index (κ3) is 27.7. The number of fused-ring (bicyclic) bond motifs is 1. The standard InChI is InChI=1S/C64H89F2IN12O14/c65-64(66)38-49(39-68)79(45-64)58(83)40-72-62(90)51-17-22-69-53-16-15-50(37-52(51)53)93-34-5-3-7-47-18-24-78(25-19-47)57(82)10-2-1-4-21-71-63(91)54(20-35-92-36-23-70-55(80)9-6-8-46-11-13-48(67)14-12-46)73-56(81)41-74-26-28-75(42-59(84)85)30-32-77(44-61(88)89)33-31-76(29-27-74)43-60(86)87/h11-17,22,37,47,49,54H,1-10,18-21,23-36,38,40-45H2,(H,70,80)(H,71,91)(H,72,90)(H,73,81)(H,84,85)(H,86,87)(H,88,89)/t49-,54+/m1/s1. The molecule has 0 saturated carbocycles. The molecule has 0 unspecified atom stereocenters. The van der Waals surface area contributed by atoms with Gasteiger partial charge in [-0.2, -0.15) is 5.26 Å². The van der Waals surface area contributed by atoms with E-state index >= 15 is 0 Å². The number of pyridine rings is 1. The number of benzene rings is 2. The lowest BCUT2D eigenvalue weighted by molar-refractivity contribution is -0.140. The summed E-state index contributed by atoms with van der Waals surface area (Å²) in [6.07, 6.45) is 9.26. The molecular weight excluding hydrogens is 1330 g/mol. The number of ether oxygens (including phenoxy) is 2. The van der Waals surface area contributed by atoms with Crippen LogP contribution in [0, 0.1) is 20.8 Å². The highest BCUT2D eigenvalue weighted by Crippen LogP contribution is 2.32. The highest BCUT2D eigenvalue weighted by Gasteiger charge is 2.47. The van der Waals surface area contributed by atoms with Gasteiger partial charge in [0.2, 0.25) is 29.5 Å². The summed E-state index contributed by atoms with van der Waals surface area (Å²) in [5.74, 6) is -7.77. The molecule has 3 fully saturated rings. The monoisotopic (exact) mass is 1410 g/mol. The van der Waals surface area contributed by atoms with Crippen molar-refractivity contribution >= 4 is 86.8 Å². The fourth-order valence-corrected chi connectivity index (χ4v) is 11.8. The summed E-state index contributed by atoms with van der Waals surface area (Å²) in [6, 6.07) is 14.2. The first-order chi connectivity index (χ1) is 44.6. The number of carbonyl (C=O) groups excluding carboxylic acids is 6. The molecule has 0 radical (unpaired) electrons. The number of carboxylic acids is 3. The zero-order valence-electron chi connectivity index (χ0n) is 52.7. The number of likely N-dealkylation sites (tertiary alicyclic amines) is 2. The minimum Gasteiger partial charge on any atom is -0.494 e. The van der Waals surface area contributed by atoms with Gasteiger partial charge in [-0.05, 0) is 128 Å². The second kappa shape index (κ2) is 39.5. The van der Waals surface area contributed by atoms with E-state index in [2.05, 4.69) is 48.8 Å². The number of rotatable bonds is 35. The van der Waals surface area contributed by atoms with Crippen LogP contribution in [0.1, 0.15) is 99.4 Å². The van der Waals surface area contributed by atoms with Crippen molar-refractivity contribution in [2.45, 2.75) is 108 Å². The molecule has 0 spiro atoms. The van der Waals surface area contributed by atoms with Crippen LogP contribution in [0.25, 0.3) is 10.9 Å². The zero-order chi connectivity index (χ0) is 67.1. The minimum atomic E-state index is -3.17. The molecule has 0 bridgehead atoms. The summed E-state index contributed by atoms with van der Waals surface area (Å²) in [4.78, 5) is 128.